The number of nitrogens with two attached hydrogens (primary N) is 1. The molecule has 0 bridgehead atoms. The predicted molar refractivity (Wildman–Crippen MR) is 58.3 cm³/mol. The number of rotatable bonds is 2. The molecule has 0 radical (unpaired) electrons. The zero-order chi connectivity index (χ0) is 11.4. The van der Waals surface area contributed by atoms with Crippen molar-refractivity contribution >= 4 is 11.9 Å². The summed E-state index contributed by atoms with van der Waals surface area (Å²) in [4.78, 5) is 20.8. The van der Waals surface area contributed by atoms with Crippen molar-refractivity contribution in [1.29, 1.82) is 0 Å². The van der Waals surface area contributed by atoms with Crippen LogP contribution in [0.1, 0.15) is 19.3 Å². The second-order valence-electron chi connectivity index (χ2n) is 3.68. The maximum atomic E-state index is 10.5. The molecule has 0 aliphatic carbocycles. The maximum Gasteiger partial charge on any atom is 0.411 e. The molecule has 6 nitrogen and oxygen atoms in total. The molecule has 0 unspecified atom stereocenters. The molecule has 1 aliphatic rings. The van der Waals surface area contributed by atoms with Gasteiger partial charge in [0.2, 0.25) is 5.88 Å². The highest BCUT2D eigenvalue weighted by Crippen LogP contribution is 2.17. The first kappa shape index (κ1) is 10.7. The van der Waals surface area contributed by atoms with Crippen LogP contribution in [0.2, 0.25) is 0 Å². The Morgan fingerprint density at radius 3 is 2.56 bits per heavy atom. The molecule has 1 saturated heterocycles. The van der Waals surface area contributed by atoms with Gasteiger partial charge in [0.1, 0.15) is 5.82 Å². The monoisotopic (exact) mass is 222 g/mol. The van der Waals surface area contributed by atoms with E-state index in [2.05, 4.69) is 19.6 Å². The second-order valence-corrected chi connectivity index (χ2v) is 3.68. The number of ether oxygens (including phenoxy) is 1. The largest absolute Gasteiger partial charge is 0.411 e. The van der Waals surface area contributed by atoms with E-state index in [1.165, 1.54) is 25.5 Å². The van der Waals surface area contributed by atoms with Crippen molar-refractivity contribution in [2.45, 2.75) is 19.3 Å². The number of hydrogen-bond donors (Lipinski definition) is 1. The van der Waals surface area contributed by atoms with Gasteiger partial charge >= 0.3 is 6.09 Å². The van der Waals surface area contributed by atoms with Crippen molar-refractivity contribution in [2.24, 2.45) is 5.73 Å². The van der Waals surface area contributed by atoms with Crippen molar-refractivity contribution in [3.63, 3.8) is 0 Å². The number of aromatic nitrogens is 2. The molecule has 1 amide bonds. The number of carbonyl (C=O) groups excluding carboxylic acids is 1. The van der Waals surface area contributed by atoms with Gasteiger partial charge in [0.25, 0.3) is 0 Å². The van der Waals surface area contributed by atoms with Crippen LogP contribution in [0, 0.1) is 0 Å². The summed E-state index contributed by atoms with van der Waals surface area (Å²) in [5.41, 5.74) is 4.87. The zero-order valence-electron chi connectivity index (χ0n) is 8.93. The molecule has 6 heteroatoms. The molecule has 2 N–H and O–H groups in total. The predicted octanol–water partition coefficient (Wildman–Crippen LogP) is 0.924. The van der Waals surface area contributed by atoms with Crippen LogP contribution in [0.15, 0.2) is 12.4 Å². The van der Waals surface area contributed by atoms with Gasteiger partial charge in [-0.05, 0) is 19.3 Å². The van der Waals surface area contributed by atoms with E-state index in [9.17, 15) is 4.79 Å². The first-order valence-electron chi connectivity index (χ1n) is 5.30. The third-order valence-corrected chi connectivity index (χ3v) is 2.50. The van der Waals surface area contributed by atoms with Gasteiger partial charge in [-0.15, -0.1) is 0 Å². The Morgan fingerprint density at radius 2 is 2.00 bits per heavy atom. The Labute approximate surface area is 93.4 Å². The molecule has 1 aromatic heterocycles. The summed E-state index contributed by atoms with van der Waals surface area (Å²) in [5.74, 6) is 0.949. The van der Waals surface area contributed by atoms with Crippen molar-refractivity contribution in [1.82, 2.24) is 9.97 Å². The minimum Gasteiger partial charge on any atom is -0.390 e. The Hall–Kier alpha value is -1.85. The lowest BCUT2D eigenvalue weighted by molar-refractivity contribution is 0.209. The van der Waals surface area contributed by atoms with Crippen LogP contribution in [0.25, 0.3) is 0 Å². The average Bonchev–Trinajstić information content (AvgIpc) is 2.30. The number of carbonyl (C=O) groups is 1. The van der Waals surface area contributed by atoms with E-state index in [1.807, 2.05) is 0 Å². The fraction of sp³-hybridized carbons (Fsp3) is 0.500. The third-order valence-electron chi connectivity index (χ3n) is 2.50. The fourth-order valence-corrected chi connectivity index (χ4v) is 1.75. The average molecular weight is 222 g/mol. The quantitative estimate of drug-likeness (QED) is 0.804. The molecule has 0 spiro atoms. The molecular formula is C10H14N4O2. The van der Waals surface area contributed by atoms with E-state index in [0.29, 0.717) is 0 Å². The highest BCUT2D eigenvalue weighted by molar-refractivity contribution is 5.67. The Bertz CT molecular complexity index is 360. The molecule has 16 heavy (non-hydrogen) atoms. The van der Waals surface area contributed by atoms with Gasteiger partial charge in [0.15, 0.2) is 0 Å². The van der Waals surface area contributed by atoms with Crippen LogP contribution in [-0.2, 0) is 0 Å². The third kappa shape index (κ3) is 2.59. The summed E-state index contributed by atoms with van der Waals surface area (Å²) >= 11 is 0. The smallest absolute Gasteiger partial charge is 0.390 e. The first-order valence-corrected chi connectivity index (χ1v) is 5.30. The number of amides is 1. The summed E-state index contributed by atoms with van der Waals surface area (Å²) in [6, 6.07) is 0. The zero-order valence-corrected chi connectivity index (χ0v) is 8.93. The van der Waals surface area contributed by atoms with E-state index in [0.717, 1.165) is 18.9 Å². The number of hydrogen-bond acceptors (Lipinski definition) is 5. The van der Waals surface area contributed by atoms with Crippen LogP contribution in [0.3, 0.4) is 0 Å². The SMILES string of the molecule is NC(=O)Oc1cnc(N2CCCCC2)cn1. The van der Waals surface area contributed by atoms with Gasteiger partial charge in [0, 0.05) is 13.1 Å². The molecule has 0 aromatic carbocycles. The molecular weight excluding hydrogens is 208 g/mol. The highest BCUT2D eigenvalue weighted by Gasteiger charge is 2.12. The molecule has 1 fully saturated rings. The van der Waals surface area contributed by atoms with Gasteiger partial charge in [-0.3, -0.25) is 0 Å². The maximum absolute atomic E-state index is 10.5. The minimum absolute atomic E-state index is 0.133. The Kier molecular flexibility index (Phi) is 3.19. The topological polar surface area (TPSA) is 81.3 Å². The van der Waals surface area contributed by atoms with Crippen LogP contribution in [0.4, 0.5) is 10.6 Å². The molecule has 0 atom stereocenters. The summed E-state index contributed by atoms with van der Waals surface area (Å²) < 4.78 is 4.60. The number of primary amides is 1. The summed E-state index contributed by atoms with van der Waals surface area (Å²) in [6.07, 6.45) is 5.77. The number of piperidine rings is 1. The Morgan fingerprint density at radius 1 is 1.25 bits per heavy atom. The lowest BCUT2D eigenvalue weighted by atomic mass is 10.1. The molecule has 1 aliphatic heterocycles. The lowest BCUT2D eigenvalue weighted by Crippen LogP contribution is -2.30. The lowest BCUT2D eigenvalue weighted by Gasteiger charge is -2.27. The van der Waals surface area contributed by atoms with Crippen LogP contribution in [0.5, 0.6) is 5.88 Å². The van der Waals surface area contributed by atoms with Crippen molar-refractivity contribution in [3.8, 4) is 5.88 Å². The van der Waals surface area contributed by atoms with Gasteiger partial charge < -0.3 is 15.4 Å². The van der Waals surface area contributed by atoms with E-state index >= 15 is 0 Å². The van der Waals surface area contributed by atoms with E-state index in [-0.39, 0.29) is 5.88 Å². The van der Waals surface area contributed by atoms with Crippen molar-refractivity contribution < 1.29 is 9.53 Å². The van der Waals surface area contributed by atoms with Crippen molar-refractivity contribution in [3.05, 3.63) is 12.4 Å². The molecule has 1 aromatic rings. The van der Waals surface area contributed by atoms with E-state index < -0.39 is 6.09 Å². The molecule has 86 valence electrons. The highest BCUT2D eigenvalue weighted by atomic mass is 16.6. The van der Waals surface area contributed by atoms with Crippen molar-refractivity contribution in [2.75, 3.05) is 18.0 Å². The number of anilines is 1. The molecule has 0 saturated carbocycles. The molecule has 2 rings (SSSR count). The van der Waals surface area contributed by atoms with Crippen LogP contribution < -0.4 is 15.4 Å². The first-order chi connectivity index (χ1) is 7.75. The van der Waals surface area contributed by atoms with Gasteiger partial charge in [-0.25, -0.2) is 14.8 Å². The molecule has 2 heterocycles. The van der Waals surface area contributed by atoms with E-state index in [1.54, 1.807) is 6.20 Å². The normalized spacial score (nSPS) is 15.9. The van der Waals surface area contributed by atoms with Gasteiger partial charge in [0.05, 0.1) is 12.4 Å². The minimum atomic E-state index is -0.875. The summed E-state index contributed by atoms with van der Waals surface area (Å²) in [6.45, 7) is 2.01. The van der Waals surface area contributed by atoms with E-state index in [4.69, 9.17) is 5.73 Å². The van der Waals surface area contributed by atoms with Gasteiger partial charge in [-0.1, -0.05) is 0 Å². The van der Waals surface area contributed by atoms with Crippen LogP contribution >= 0.6 is 0 Å². The second kappa shape index (κ2) is 4.78. The van der Waals surface area contributed by atoms with Gasteiger partial charge in [-0.2, -0.15) is 0 Å². The number of nitrogens with zero attached hydrogens (tertiary/aromatic N) is 3. The standard InChI is InChI=1S/C10H14N4O2/c11-10(15)16-9-7-12-8(6-13-9)14-4-2-1-3-5-14/h6-7H,1-5H2,(H2,11,15). The Balaban J connectivity index is 2.03. The summed E-state index contributed by atoms with van der Waals surface area (Å²) in [5, 5.41) is 0. The summed E-state index contributed by atoms with van der Waals surface area (Å²) in [7, 11) is 0. The fourth-order valence-electron chi connectivity index (χ4n) is 1.75. The van der Waals surface area contributed by atoms with Crippen LogP contribution in [-0.4, -0.2) is 29.2 Å².